The molecule has 0 radical (unpaired) electrons. The van der Waals surface area contributed by atoms with Crippen molar-refractivity contribution < 1.29 is 19.1 Å². The van der Waals surface area contributed by atoms with Crippen molar-refractivity contribution in [2.24, 2.45) is 0 Å². The molecule has 102 valence electrons. The lowest BCUT2D eigenvalue weighted by molar-refractivity contribution is -0.150. The molecule has 1 rings (SSSR count). The van der Waals surface area contributed by atoms with Gasteiger partial charge in [-0.1, -0.05) is 41.4 Å². The van der Waals surface area contributed by atoms with Gasteiger partial charge in [-0.3, -0.25) is 0 Å². The molecule has 0 aromatic heterocycles. The normalized spacial score (nSPS) is 9.89. The predicted molar refractivity (Wildman–Crippen MR) is 72.9 cm³/mol. The minimum absolute atomic E-state index is 0.0379. The zero-order valence-electron chi connectivity index (χ0n) is 9.84. The maximum absolute atomic E-state index is 11.4. The number of benzene rings is 1. The van der Waals surface area contributed by atoms with E-state index in [2.05, 4.69) is 11.3 Å². The van der Waals surface area contributed by atoms with Crippen LogP contribution in [-0.4, -0.2) is 18.5 Å². The molecular formula is C12H9Cl3O4. The molecule has 0 fully saturated rings. The molecule has 4 nitrogen and oxygen atoms in total. The molecular weight excluding hydrogens is 314 g/mol. The van der Waals surface area contributed by atoms with Gasteiger partial charge < -0.3 is 9.47 Å². The first-order valence-corrected chi connectivity index (χ1v) is 6.12. The number of carbonyl (C=O) groups is 2. The van der Waals surface area contributed by atoms with Crippen LogP contribution >= 0.6 is 34.8 Å². The highest BCUT2D eigenvalue weighted by molar-refractivity contribution is 6.40. The molecule has 0 unspecified atom stereocenters. The Morgan fingerprint density at radius 3 is 2.21 bits per heavy atom. The van der Waals surface area contributed by atoms with E-state index in [0.29, 0.717) is 5.02 Å². The van der Waals surface area contributed by atoms with E-state index in [9.17, 15) is 9.59 Å². The second kappa shape index (κ2) is 6.80. The molecule has 0 aliphatic heterocycles. The summed E-state index contributed by atoms with van der Waals surface area (Å²) in [5.74, 6) is -1.55. The maximum atomic E-state index is 11.4. The van der Waals surface area contributed by atoms with Gasteiger partial charge in [0.25, 0.3) is 0 Å². The van der Waals surface area contributed by atoms with E-state index >= 15 is 0 Å². The molecule has 7 heteroatoms. The Hall–Kier alpha value is -1.23. The third-order valence-electron chi connectivity index (χ3n) is 1.85. The summed E-state index contributed by atoms with van der Waals surface area (Å²) < 4.78 is 9.51. The van der Waals surface area contributed by atoms with Crippen molar-refractivity contribution in [3.63, 3.8) is 0 Å². The van der Waals surface area contributed by atoms with Crippen LogP contribution in [0.5, 0.6) is 5.75 Å². The fourth-order valence-corrected chi connectivity index (χ4v) is 1.91. The Balaban J connectivity index is 2.68. The fourth-order valence-electron chi connectivity index (χ4n) is 1.02. The van der Waals surface area contributed by atoms with Gasteiger partial charge in [0, 0.05) is 10.6 Å². The molecule has 0 N–H and O–H groups in total. The quantitative estimate of drug-likeness (QED) is 0.482. The van der Waals surface area contributed by atoms with Crippen molar-refractivity contribution >= 4 is 46.7 Å². The number of halogens is 3. The highest BCUT2D eigenvalue weighted by atomic mass is 35.5. The summed E-state index contributed by atoms with van der Waals surface area (Å²) in [7, 11) is 0. The van der Waals surface area contributed by atoms with Crippen molar-refractivity contribution in [3.8, 4) is 5.75 Å². The summed E-state index contributed by atoms with van der Waals surface area (Å²) >= 11 is 17.4. The zero-order chi connectivity index (χ0) is 14.6. The average Bonchev–Trinajstić information content (AvgIpc) is 2.30. The van der Waals surface area contributed by atoms with Crippen LogP contribution in [0, 0.1) is 0 Å². The Morgan fingerprint density at radius 1 is 1.21 bits per heavy atom. The topological polar surface area (TPSA) is 52.6 Å². The van der Waals surface area contributed by atoms with E-state index in [1.54, 1.807) is 0 Å². The monoisotopic (exact) mass is 322 g/mol. The van der Waals surface area contributed by atoms with Gasteiger partial charge in [0.05, 0.1) is 10.0 Å². The van der Waals surface area contributed by atoms with Gasteiger partial charge in [-0.05, 0) is 19.1 Å². The van der Waals surface area contributed by atoms with Gasteiger partial charge in [-0.25, -0.2) is 9.59 Å². The lowest BCUT2D eigenvalue weighted by Gasteiger charge is -2.09. The molecule has 0 amide bonds. The van der Waals surface area contributed by atoms with Crippen LogP contribution in [0.1, 0.15) is 6.92 Å². The first-order valence-electron chi connectivity index (χ1n) is 4.99. The summed E-state index contributed by atoms with van der Waals surface area (Å²) in [4.78, 5) is 22.5. The third-order valence-corrected chi connectivity index (χ3v) is 2.63. The standard InChI is InChI=1S/C12H9Cl3O4/c1-6(2)12(17)18-5-10(16)19-11-8(14)3-7(13)4-9(11)15/h3-4H,1,5H2,2H3. The first-order chi connectivity index (χ1) is 8.81. The summed E-state index contributed by atoms with van der Waals surface area (Å²) in [6, 6.07) is 2.75. The van der Waals surface area contributed by atoms with Gasteiger partial charge in [0.15, 0.2) is 12.4 Å². The predicted octanol–water partition coefficient (Wildman–Crippen LogP) is 3.67. The van der Waals surface area contributed by atoms with Crippen LogP contribution in [0.25, 0.3) is 0 Å². The number of hydrogen-bond acceptors (Lipinski definition) is 4. The van der Waals surface area contributed by atoms with E-state index in [1.807, 2.05) is 0 Å². The highest BCUT2D eigenvalue weighted by Crippen LogP contribution is 2.35. The molecule has 1 aromatic rings. The Kier molecular flexibility index (Phi) is 5.66. The average molecular weight is 324 g/mol. The van der Waals surface area contributed by atoms with Crippen molar-refractivity contribution in [1.29, 1.82) is 0 Å². The second-order valence-electron chi connectivity index (χ2n) is 3.53. The van der Waals surface area contributed by atoms with E-state index in [-0.39, 0.29) is 21.4 Å². The molecule has 1 aromatic carbocycles. The minimum Gasteiger partial charge on any atom is -0.450 e. The molecule has 0 heterocycles. The van der Waals surface area contributed by atoms with Gasteiger partial charge in [-0.15, -0.1) is 0 Å². The van der Waals surface area contributed by atoms with Crippen LogP contribution in [0.3, 0.4) is 0 Å². The largest absolute Gasteiger partial charge is 0.450 e. The van der Waals surface area contributed by atoms with Crippen molar-refractivity contribution in [1.82, 2.24) is 0 Å². The van der Waals surface area contributed by atoms with Crippen molar-refractivity contribution in [3.05, 3.63) is 39.4 Å². The Morgan fingerprint density at radius 2 is 1.74 bits per heavy atom. The van der Waals surface area contributed by atoms with Crippen LogP contribution in [0.15, 0.2) is 24.3 Å². The minimum atomic E-state index is -0.819. The second-order valence-corrected chi connectivity index (χ2v) is 4.78. The Labute approximate surface area is 124 Å². The van der Waals surface area contributed by atoms with E-state index in [0.717, 1.165) is 0 Å². The van der Waals surface area contributed by atoms with Gasteiger partial charge in [0.2, 0.25) is 0 Å². The highest BCUT2D eigenvalue weighted by Gasteiger charge is 2.15. The van der Waals surface area contributed by atoms with Crippen molar-refractivity contribution in [2.45, 2.75) is 6.92 Å². The molecule has 0 bridgehead atoms. The summed E-state index contributed by atoms with van der Waals surface area (Å²) in [5, 5.41) is 0.470. The summed E-state index contributed by atoms with van der Waals surface area (Å²) in [6.07, 6.45) is 0. The number of esters is 2. The van der Waals surface area contributed by atoms with Crippen LogP contribution in [0.4, 0.5) is 0 Å². The maximum Gasteiger partial charge on any atom is 0.349 e. The number of carbonyl (C=O) groups excluding carboxylic acids is 2. The fraction of sp³-hybridized carbons (Fsp3) is 0.167. The summed E-state index contributed by atoms with van der Waals surface area (Å²) in [5.41, 5.74) is 0.176. The SMILES string of the molecule is C=C(C)C(=O)OCC(=O)Oc1c(Cl)cc(Cl)cc1Cl. The summed E-state index contributed by atoms with van der Waals surface area (Å²) in [6.45, 7) is 4.26. The third kappa shape index (κ3) is 4.74. The Bertz CT molecular complexity index is 517. The zero-order valence-corrected chi connectivity index (χ0v) is 12.1. The lowest BCUT2D eigenvalue weighted by Crippen LogP contribution is -2.19. The molecule has 0 spiro atoms. The first kappa shape index (κ1) is 15.8. The smallest absolute Gasteiger partial charge is 0.349 e. The number of hydrogen-bond donors (Lipinski definition) is 0. The molecule has 0 aliphatic rings. The van der Waals surface area contributed by atoms with Gasteiger partial charge in [-0.2, -0.15) is 0 Å². The van der Waals surface area contributed by atoms with E-state index in [4.69, 9.17) is 39.5 Å². The molecule has 0 saturated carbocycles. The van der Waals surface area contributed by atoms with Gasteiger partial charge >= 0.3 is 11.9 Å². The van der Waals surface area contributed by atoms with E-state index in [1.165, 1.54) is 19.1 Å². The van der Waals surface area contributed by atoms with Crippen LogP contribution in [0.2, 0.25) is 15.1 Å². The molecule has 0 atom stereocenters. The lowest BCUT2D eigenvalue weighted by atomic mass is 10.3. The van der Waals surface area contributed by atoms with Gasteiger partial charge in [0.1, 0.15) is 0 Å². The van der Waals surface area contributed by atoms with Crippen molar-refractivity contribution in [2.75, 3.05) is 6.61 Å². The molecule has 0 aliphatic carbocycles. The van der Waals surface area contributed by atoms with Crippen LogP contribution in [-0.2, 0) is 14.3 Å². The molecule has 19 heavy (non-hydrogen) atoms. The number of ether oxygens (including phenoxy) is 2. The van der Waals surface area contributed by atoms with Crippen LogP contribution < -0.4 is 4.74 Å². The number of rotatable bonds is 4. The molecule has 0 saturated heterocycles. The van der Waals surface area contributed by atoms with E-state index < -0.39 is 18.5 Å².